The second kappa shape index (κ2) is 11.5. The topological polar surface area (TPSA) is 46.5 Å². The quantitative estimate of drug-likeness (QED) is 0.355. The summed E-state index contributed by atoms with van der Waals surface area (Å²) in [7, 11) is 0. The van der Waals surface area contributed by atoms with Crippen molar-refractivity contribution in [1.29, 1.82) is 0 Å². The van der Waals surface area contributed by atoms with E-state index in [1.807, 2.05) is 32.9 Å². The summed E-state index contributed by atoms with van der Waals surface area (Å²) in [6.07, 6.45) is 6.25. The molecular weight excluding hydrogens is 458 g/mol. The first-order valence-electron chi connectivity index (χ1n) is 12.8. The smallest absolute Gasteiger partial charge is 0.407 e. The van der Waals surface area contributed by atoms with E-state index in [1.54, 1.807) is 0 Å². The van der Waals surface area contributed by atoms with Crippen molar-refractivity contribution in [3.63, 3.8) is 0 Å². The number of carbonyl (C=O) groups excluding carboxylic acids is 1. The Morgan fingerprint density at radius 2 is 1.89 bits per heavy atom. The SMILES string of the molecule is CC(C)(C)OC(=O)NCCCn1ccc2cc(CC3CCN(Cc4ccccc4Cl)CC3)ccc21. The molecule has 0 aliphatic carbocycles. The molecule has 5 nitrogen and oxygen atoms in total. The number of hydrogen-bond donors (Lipinski definition) is 1. The van der Waals surface area contributed by atoms with E-state index in [0.29, 0.717) is 6.54 Å². The summed E-state index contributed by atoms with van der Waals surface area (Å²) in [6.45, 7) is 10.3. The van der Waals surface area contributed by atoms with Gasteiger partial charge in [0.1, 0.15) is 5.60 Å². The van der Waals surface area contributed by atoms with Gasteiger partial charge in [0.15, 0.2) is 0 Å². The van der Waals surface area contributed by atoms with Crippen LogP contribution in [0.4, 0.5) is 4.79 Å². The van der Waals surface area contributed by atoms with Crippen LogP contribution in [0.25, 0.3) is 10.9 Å². The fourth-order valence-corrected chi connectivity index (χ4v) is 5.07. The number of carbonyl (C=O) groups is 1. The van der Waals surface area contributed by atoms with Crippen LogP contribution in [-0.2, 0) is 24.2 Å². The van der Waals surface area contributed by atoms with E-state index in [1.165, 1.54) is 34.9 Å². The normalized spacial score (nSPS) is 15.4. The first kappa shape index (κ1) is 25.6. The molecule has 1 aliphatic rings. The Bertz CT molecular complexity index is 1130. The van der Waals surface area contributed by atoms with Crippen molar-refractivity contribution in [2.45, 2.75) is 65.1 Å². The average Bonchev–Trinajstić information content (AvgIpc) is 3.20. The standard InChI is InChI=1S/C29H38ClN3O2/c1-29(2,3)35-28(34)31-14-6-15-33-18-13-24-20-23(9-10-27(24)33)19-22-11-16-32(17-12-22)21-25-7-4-5-8-26(25)30/h4-5,7-10,13,18,20,22H,6,11-12,14-17,19,21H2,1-3H3,(H,31,34). The Morgan fingerprint density at radius 1 is 1.11 bits per heavy atom. The third-order valence-electron chi connectivity index (χ3n) is 6.66. The molecule has 4 rings (SSSR count). The molecule has 0 radical (unpaired) electrons. The number of halogens is 1. The van der Waals surface area contributed by atoms with E-state index in [4.69, 9.17) is 16.3 Å². The molecule has 2 aromatic carbocycles. The number of aryl methyl sites for hydroxylation is 1. The zero-order valence-electron chi connectivity index (χ0n) is 21.2. The van der Waals surface area contributed by atoms with Gasteiger partial charge in [-0.3, -0.25) is 4.90 Å². The summed E-state index contributed by atoms with van der Waals surface area (Å²) >= 11 is 6.35. The number of ether oxygens (including phenoxy) is 1. The number of piperidine rings is 1. The van der Waals surface area contributed by atoms with Gasteiger partial charge in [0.25, 0.3) is 0 Å². The van der Waals surface area contributed by atoms with Gasteiger partial charge in [0.05, 0.1) is 0 Å². The number of fused-ring (bicyclic) bond motifs is 1. The number of nitrogens with zero attached hydrogens (tertiary/aromatic N) is 2. The molecule has 0 saturated carbocycles. The lowest BCUT2D eigenvalue weighted by Crippen LogP contribution is -2.33. The monoisotopic (exact) mass is 495 g/mol. The maximum absolute atomic E-state index is 11.8. The van der Waals surface area contributed by atoms with Crippen LogP contribution in [0.5, 0.6) is 0 Å². The lowest BCUT2D eigenvalue weighted by molar-refractivity contribution is 0.0526. The maximum atomic E-state index is 11.8. The molecule has 3 aromatic rings. The molecular formula is C29H38ClN3O2. The fraction of sp³-hybridized carbons (Fsp3) is 0.483. The van der Waals surface area contributed by atoms with Crippen LogP contribution < -0.4 is 5.32 Å². The summed E-state index contributed by atoms with van der Waals surface area (Å²) in [5.41, 5.74) is 3.43. The molecule has 6 heteroatoms. The zero-order valence-corrected chi connectivity index (χ0v) is 22.0. The highest BCUT2D eigenvalue weighted by molar-refractivity contribution is 6.31. The number of benzene rings is 2. The predicted octanol–water partition coefficient (Wildman–Crippen LogP) is 6.66. The maximum Gasteiger partial charge on any atom is 0.407 e. The van der Waals surface area contributed by atoms with Crippen LogP contribution in [-0.4, -0.2) is 40.8 Å². The summed E-state index contributed by atoms with van der Waals surface area (Å²) in [4.78, 5) is 14.3. The number of amides is 1. The summed E-state index contributed by atoms with van der Waals surface area (Å²) in [5.74, 6) is 0.732. The van der Waals surface area contributed by atoms with Gasteiger partial charge in [-0.15, -0.1) is 0 Å². The third kappa shape index (κ3) is 7.49. The molecule has 35 heavy (non-hydrogen) atoms. The van der Waals surface area contributed by atoms with Gasteiger partial charge in [0.2, 0.25) is 0 Å². The number of hydrogen-bond acceptors (Lipinski definition) is 3. The zero-order chi connectivity index (χ0) is 24.8. The molecule has 1 N–H and O–H groups in total. The van der Waals surface area contributed by atoms with Gasteiger partial charge < -0.3 is 14.6 Å². The number of aromatic nitrogens is 1. The van der Waals surface area contributed by atoms with Crippen LogP contribution in [0.2, 0.25) is 5.02 Å². The molecule has 1 aromatic heterocycles. The first-order chi connectivity index (χ1) is 16.8. The molecule has 1 saturated heterocycles. The molecule has 2 heterocycles. The Morgan fingerprint density at radius 3 is 2.63 bits per heavy atom. The van der Waals surface area contributed by atoms with E-state index in [0.717, 1.165) is 50.0 Å². The second-order valence-corrected chi connectivity index (χ2v) is 11.1. The molecule has 1 aliphatic heterocycles. The Hall–Kier alpha value is -2.50. The van der Waals surface area contributed by atoms with Gasteiger partial charge >= 0.3 is 6.09 Å². The number of rotatable bonds is 8. The van der Waals surface area contributed by atoms with Gasteiger partial charge in [-0.2, -0.15) is 0 Å². The Balaban J connectivity index is 1.23. The van der Waals surface area contributed by atoms with Crippen molar-refractivity contribution < 1.29 is 9.53 Å². The van der Waals surface area contributed by atoms with Crippen LogP contribution >= 0.6 is 11.6 Å². The van der Waals surface area contributed by atoms with Crippen molar-refractivity contribution in [3.8, 4) is 0 Å². The van der Waals surface area contributed by atoms with Crippen LogP contribution in [0, 0.1) is 5.92 Å². The van der Waals surface area contributed by atoms with E-state index in [9.17, 15) is 4.79 Å². The highest BCUT2D eigenvalue weighted by Crippen LogP contribution is 2.26. The van der Waals surface area contributed by atoms with E-state index < -0.39 is 5.60 Å². The lowest BCUT2D eigenvalue weighted by Gasteiger charge is -2.32. The van der Waals surface area contributed by atoms with Gasteiger partial charge in [-0.05, 0) is 106 Å². The van der Waals surface area contributed by atoms with Gasteiger partial charge in [0, 0.05) is 36.4 Å². The number of nitrogens with one attached hydrogen (secondary N) is 1. The molecule has 0 spiro atoms. The molecule has 0 bridgehead atoms. The van der Waals surface area contributed by atoms with Crippen molar-refractivity contribution in [2.75, 3.05) is 19.6 Å². The van der Waals surface area contributed by atoms with Crippen molar-refractivity contribution in [3.05, 3.63) is 70.9 Å². The highest BCUT2D eigenvalue weighted by Gasteiger charge is 2.20. The number of likely N-dealkylation sites (tertiary alicyclic amines) is 1. The van der Waals surface area contributed by atoms with E-state index >= 15 is 0 Å². The van der Waals surface area contributed by atoms with E-state index in [-0.39, 0.29) is 6.09 Å². The van der Waals surface area contributed by atoms with Gasteiger partial charge in [-0.1, -0.05) is 35.9 Å². The molecule has 1 amide bonds. The van der Waals surface area contributed by atoms with Gasteiger partial charge in [-0.25, -0.2) is 4.79 Å². The third-order valence-corrected chi connectivity index (χ3v) is 7.03. The highest BCUT2D eigenvalue weighted by atomic mass is 35.5. The van der Waals surface area contributed by atoms with Crippen molar-refractivity contribution in [1.82, 2.24) is 14.8 Å². The van der Waals surface area contributed by atoms with Crippen LogP contribution in [0.15, 0.2) is 54.7 Å². The lowest BCUT2D eigenvalue weighted by atomic mass is 9.89. The molecule has 0 atom stereocenters. The Kier molecular flexibility index (Phi) is 8.40. The average molecular weight is 496 g/mol. The summed E-state index contributed by atoms with van der Waals surface area (Å²) in [6, 6.07) is 17.3. The second-order valence-electron chi connectivity index (χ2n) is 10.7. The Labute approximate surface area is 214 Å². The van der Waals surface area contributed by atoms with Crippen LogP contribution in [0.1, 0.15) is 51.2 Å². The summed E-state index contributed by atoms with van der Waals surface area (Å²) in [5, 5.41) is 5.00. The van der Waals surface area contributed by atoms with E-state index in [2.05, 4.69) is 57.4 Å². The fourth-order valence-electron chi connectivity index (χ4n) is 4.88. The minimum absolute atomic E-state index is 0.353. The largest absolute Gasteiger partial charge is 0.444 e. The molecule has 1 fully saturated rings. The molecule has 0 unspecified atom stereocenters. The summed E-state index contributed by atoms with van der Waals surface area (Å²) < 4.78 is 7.56. The number of alkyl carbamates (subject to hydrolysis) is 1. The molecule has 188 valence electrons. The minimum Gasteiger partial charge on any atom is -0.444 e. The van der Waals surface area contributed by atoms with Crippen LogP contribution in [0.3, 0.4) is 0 Å². The predicted molar refractivity (Wildman–Crippen MR) is 144 cm³/mol. The minimum atomic E-state index is -0.466. The first-order valence-corrected chi connectivity index (χ1v) is 13.1. The van der Waals surface area contributed by atoms with Crippen molar-refractivity contribution in [2.24, 2.45) is 5.92 Å². The van der Waals surface area contributed by atoms with Crippen molar-refractivity contribution >= 4 is 28.6 Å².